The highest BCUT2D eigenvalue weighted by Crippen LogP contribution is 2.19. The highest BCUT2D eigenvalue weighted by molar-refractivity contribution is 7.99. The summed E-state index contributed by atoms with van der Waals surface area (Å²) in [5.41, 5.74) is 8.78. The van der Waals surface area contributed by atoms with Gasteiger partial charge in [0.25, 0.3) is 0 Å². The lowest BCUT2D eigenvalue weighted by Gasteiger charge is -2.14. The molecule has 2 nitrogen and oxygen atoms in total. The van der Waals surface area contributed by atoms with Crippen molar-refractivity contribution in [2.24, 2.45) is 17.6 Å². The first kappa shape index (κ1) is 16.5. The number of aliphatic hydroxyl groups excluding tert-OH is 1. The maximum absolute atomic E-state index is 8.97. The first-order valence-corrected chi connectivity index (χ1v) is 8.21. The number of aliphatic hydroxyl groups is 1. The summed E-state index contributed by atoms with van der Waals surface area (Å²) in [5.74, 6) is 2.92. The van der Waals surface area contributed by atoms with Crippen LogP contribution >= 0.6 is 11.8 Å². The van der Waals surface area contributed by atoms with Crippen molar-refractivity contribution in [1.29, 1.82) is 0 Å². The van der Waals surface area contributed by atoms with Crippen LogP contribution in [0.2, 0.25) is 0 Å². The minimum absolute atomic E-state index is 0.0870. The summed E-state index contributed by atoms with van der Waals surface area (Å²) in [7, 11) is 0. The van der Waals surface area contributed by atoms with Crippen LogP contribution in [0.3, 0.4) is 0 Å². The SMILES string of the molecule is CC(C)Cc1ccc(C(N)CSCC(C)CO)cc1. The van der Waals surface area contributed by atoms with Gasteiger partial charge in [-0.2, -0.15) is 11.8 Å². The summed E-state index contributed by atoms with van der Waals surface area (Å²) in [6, 6.07) is 8.77. The van der Waals surface area contributed by atoms with E-state index in [-0.39, 0.29) is 12.6 Å². The molecule has 1 aromatic rings. The summed E-state index contributed by atoms with van der Waals surface area (Å²) in [6.07, 6.45) is 1.12. The van der Waals surface area contributed by atoms with Crippen LogP contribution in [-0.4, -0.2) is 23.2 Å². The second-order valence-corrected chi connectivity index (χ2v) is 6.85. The molecule has 0 aliphatic rings. The third kappa shape index (κ3) is 6.46. The molecule has 3 N–H and O–H groups in total. The summed E-state index contributed by atoms with van der Waals surface area (Å²) in [4.78, 5) is 0. The van der Waals surface area contributed by atoms with E-state index in [1.165, 1.54) is 11.1 Å². The number of hydrogen-bond donors (Lipinski definition) is 2. The van der Waals surface area contributed by atoms with Crippen molar-refractivity contribution < 1.29 is 5.11 Å². The van der Waals surface area contributed by atoms with Crippen molar-refractivity contribution in [3.8, 4) is 0 Å². The maximum Gasteiger partial charge on any atom is 0.0464 e. The van der Waals surface area contributed by atoms with Gasteiger partial charge in [-0.05, 0) is 35.1 Å². The molecule has 3 heteroatoms. The number of thioether (sulfide) groups is 1. The Morgan fingerprint density at radius 1 is 1.11 bits per heavy atom. The fourth-order valence-corrected chi connectivity index (χ4v) is 3.01. The molecule has 1 aromatic carbocycles. The molecule has 108 valence electrons. The molecule has 19 heavy (non-hydrogen) atoms. The van der Waals surface area contributed by atoms with Gasteiger partial charge in [0, 0.05) is 18.4 Å². The van der Waals surface area contributed by atoms with Gasteiger partial charge >= 0.3 is 0 Å². The first-order chi connectivity index (χ1) is 9.02. The van der Waals surface area contributed by atoms with Gasteiger partial charge in [-0.1, -0.05) is 45.0 Å². The topological polar surface area (TPSA) is 46.2 Å². The van der Waals surface area contributed by atoms with E-state index in [0.717, 1.165) is 17.9 Å². The Bertz CT molecular complexity index is 350. The van der Waals surface area contributed by atoms with Crippen LogP contribution in [0.25, 0.3) is 0 Å². The van der Waals surface area contributed by atoms with Gasteiger partial charge in [-0.25, -0.2) is 0 Å². The molecule has 0 amide bonds. The van der Waals surface area contributed by atoms with E-state index in [1.54, 1.807) is 0 Å². The Kier molecular flexibility index (Phi) is 7.51. The van der Waals surface area contributed by atoms with Crippen molar-refractivity contribution in [2.75, 3.05) is 18.1 Å². The minimum Gasteiger partial charge on any atom is -0.396 e. The molecular weight excluding hydrogens is 254 g/mol. The van der Waals surface area contributed by atoms with E-state index in [2.05, 4.69) is 45.0 Å². The second kappa shape index (κ2) is 8.62. The van der Waals surface area contributed by atoms with E-state index >= 15 is 0 Å². The van der Waals surface area contributed by atoms with E-state index in [4.69, 9.17) is 10.8 Å². The standard InChI is InChI=1S/C16H27NOS/c1-12(2)8-14-4-6-15(7-5-14)16(17)11-19-10-13(3)9-18/h4-7,12-13,16,18H,8-11,17H2,1-3H3. The maximum atomic E-state index is 8.97. The van der Waals surface area contributed by atoms with E-state index < -0.39 is 0 Å². The van der Waals surface area contributed by atoms with E-state index in [1.807, 2.05) is 11.8 Å². The fraction of sp³-hybridized carbons (Fsp3) is 0.625. The summed E-state index contributed by atoms with van der Waals surface area (Å²) in [5, 5.41) is 8.97. The molecule has 2 atom stereocenters. The van der Waals surface area contributed by atoms with Crippen LogP contribution in [-0.2, 0) is 6.42 Å². The fourth-order valence-electron chi connectivity index (χ4n) is 1.92. The van der Waals surface area contributed by atoms with Gasteiger partial charge in [-0.15, -0.1) is 0 Å². The average molecular weight is 281 g/mol. The Hall–Kier alpha value is -0.510. The summed E-state index contributed by atoms with van der Waals surface area (Å²) >= 11 is 1.82. The van der Waals surface area contributed by atoms with Crippen molar-refractivity contribution in [1.82, 2.24) is 0 Å². The van der Waals surface area contributed by atoms with Crippen LogP contribution < -0.4 is 5.73 Å². The molecular formula is C16H27NOS. The Morgan fingerprint density at radius 2 is 1.74 bits per heavy atom. The van der Waals surface area contributed by atoms with Crippen LogP contribution in [0.5, 0.6) is 0 Å². The van der Waals surface area contributed by atoms with E-state index in [0.29, 0.717) is 11.8 Å². The highest BCUT2D eigenvalue weighted by atomic mass is 32.2. The molecule has 0 saturated heterocycles. The van der Waals surface area contributed by atoms with Crippen LogP contribution in [0.4, 0.5) is 0 Å². The van der Waals surface area contributed by atoms with E-state index in [9.17, 15) is 0 Å². The molecule has 0 fully saturated rings. The Morgan fingerprint density at radius 3 is 2.26 bits per heavy atom. The molecule has 0 saturated carbocycles. The molecule has 0 bridgehead atoms. The highest BCUT2D eigenvalue weighted by Gasteiger charge is 2.08. The smallest absolute Gasteiger partial charge is 0.0464 e. The number of rotatable bonds is 8. The molecule has 0 spiro atoms. The normalized spacial score (nSPS) is 14.6. The van der Waals surface area contributed by atoms with Crippen LogP contribution in [0.1, 0.15) is 37.9 Å². The molecule has 0 radical (unpaired) electrons. The van der Waals surface area contributed by atoms with Gasteiger partial charge in [0.1, 0.15) is 0 Å². The summed E-state index contributed by atoms with van der Waals surface area (Å²) < 4.78 is 0. The first-order valence-electron chi connectivity index (χ1n) is 7.06. The Balaban J connectivity index is 2.42. The minimum atomic E-state index is 0.0870. The van der Waals surface area contributed by atoms with Crippen molar-refractivity contribution >= 4 is 11.8 Å². The molecule has 0 aromatic heterocycles. The van der Waals surface area contributed by atoms with Gasteiger partial charge in [0.05, 0.1) is 0 Å². The lowest BCUT2D eigenvalue weighted by molar-refractivity contribution is 0.250. The molecule has 2 unspecified atom stereocenters. The van der Waals surface area contributed by atoms with Crippen LogP contribution in [0, 0.1) is 11.8 Å². The molecule has 0 aliphatic carbocycles. The van der Waals surface area contributed by atoms with Crippen molar-refractivity contribution in [3.05, 3.63) is 35.4 Å². The quantitative estimate of drug-likeness (QED) is 0.769. The summed E-state index contributed by atoms with van der Waals surface area (Å²) in [6.45, 7) is 6.78. The number of hydrogen-bond acceptors (Lipinski definition) is 3. The zero-order valence-corrected chi connectivity index (χ0v) is 13.1. The second-order valence-electron chi connectivity index (χ2n) is 5.77. The zero-order valence-electron chi connectivity index (χ0n) is 12.3. The number of nitrogens with two attached hydrogens (primary N) is 1. The largest absolute Gasteiger partial charge is 0.396 e. The van der Waals surface area contributed by atoms with Crippen molar-refractivity contribution in [3.63, 3.8) is 0 Å². The monoisotopic (exact) mass is 281 g/mol. The van der Waals surface area contributed by atoms with Crippen LogP contribution in [0.15, 0.2) is 24.3 Å². The third-order valence-corrected chi connectivity index (χ3v) is 4.46. The molecule has 1 rings (SSSR count). The lowest BCUT2D eigenvalue weighted by Crippen LogP contribution is -2.14. The number of benzene rings is 1. The van der Waals surface area contributed by atoms with Crippen molar-refractivity contribution in [2.45, 2.75) is 33.2 Å². The molecule has 0 heterocycles. The predicted molar refractivity (Wildman–Crippen MR) is 85.5 cm³/mol. The third-order valence-electron chi connectivity index (χ3n) is 3.06. The van der Waals surface area contributed by atoms with Gasteiger partial charge in [0.2, 0.25) is 0 Å². The predicted octanol–water partition coefficient (Wildman–Crippen LogP) is 3.25. The zero-order chi connectivity index (χ0) is 14.3. The van der Waals surface area contributed by atoms with Gasteiger partial charge in [0.15, 0.2) is 0 Å². The van der Waals surface area contributed by atoms with Gasteiger partial charge in [-0.3, -0.25) is 0 Å². The van der Waals surface area contributed by atoms with Gasteiger partial charge < -0.3 is 10.8 Å². The lowest BCUT2D eigenvalue weighted by atomic mass is 10.0. The average Bonchev–Trinajstić information content (AvgIpc) is 2.38. The Labute approximate surface area is 121 Å². The molecule has 0 aliphatic heterocycles.